The number of aromatic nitrogens is 2. The van der Waals surface area contributed by atoms with E-state index in [9.17, 15) is 9.59 Å². The smallest absolute Gasteiger partial charge is 0.272 e. The first kappa shape index (κ1) is 15.4. The molecule has 1 aliphatic rings. The van der Waals surface area contributed by atoms with Gasteiger partial charge in [-0.2, -0.15) is 0 Å². The van der Waals surface area contributed by atoms with Gasteiger partial charge in [-0.1, -0.05) is 0 Å². The molecule has 0 saturated carbocycles. The maximum atomic E-state index is 12.3. The standard InChI is InChI=1S/C14H17N3O3S2/c18-11(15-8-9-2-1-6-20-9)3-5-17-13(19)12-10(4-7-22-12)16-14(17)21/h4,7,9H,1-3,5-6,8H2,(H,15,18)(H,16,21). The first-order chi connectivity index (χ1) is 10.6. The van der Waals surface area contributed by atoms with Crippen LogP contribution in [0.3, 0.4) is 0 Å². The molecular weight excluding hydrogens is 322 g/mol. The first-order valence-electron chi connectivity index (χ1n) is 7.24. The molecule has 1 atom stereocenters. The molecule has 3 rings (SSSR count). The Bertz CT molecular complexity index is 786. The number of H-pyrrole nitrogens is 1. The van der Waals surface area contributed by atoms with E-state index in [1.54, 1.807) is 0 Å². The maximum absolute atomic E-state index is 12.3. The van der Waals surface area contributed by atoms with E-state index in [0.29, 0.717) is 16.0 Å². The van der Waals surface area contributed by atoms with E-state index >= 15 is 0 Å². The van der Waals surface area contributed by atoms with Gasteiger partial charge in [-0.05, 0) is 36.5 Å². The molecule has 22 heavy (non-hydrogen) atoms. The van der Waals surface area contributed by atoms with Gasteiger partial charge in [-0.25, -0.2) is 0 Å². The minimum atomic E-state index is -0.138. The number of carbonyl (C=O) groups excluding carboxylic acids is 1. The summed E-state index contributed by atoms with van der Waals surface area (Å²) >= 11 is 6.57. The summed E-state index contributed by atoms with van der Waals surface area (Å²) in [6.07, 6.45) is 2.38. The molecule has 0 aliphatic carbocycles. The van der Waals surface area contributed by atoms with Crippen molar-refractivity contribution >= 4 is 39.7 Å². The lowest BCUT2D eigenvalue weighted by molar-refractivity contribution is -0.121. The van der Waals surface area contributed by atoms with E-state index in [-0.39, 0.29) is 30.5 Å². The number of hydrogen-bond acceptors (Lipinski definition) is 5. The molecule has 0 aromatic carbocycles. The third-order valence-corrected chi connectivity index (χ3v) is 4.93. The van der Waals surface area contributed by atoms with Crippen LogP contribution >= 0.6 is 23.6 Å². The number of amides is 1. The predicted molar refractivity (Wildman–Crippen MR) is 87.9 cm³/mol. The number of hydrogen-bond donors (Lipinski definition) is 2. The molecule has 1 aliphatic heterocycles. The average Bonchev–Trinajstić information content (AvgIpc) is 3.15. The Hall–Kier alpha value is -1.51. The van der Waals surface area contributed by atoms with Gasteiger partial charge in [0.05, 0.1) is 11.6 Å². The van der Waals surface area contributed by atoms with E-state index in [1.807, 2.05) is 11.4 Å². The van der Waals surface area contributed by atoms with Gasteiger partial charge in [-0.3, -0.25) is 14.2 Å². The molecule has 0 radical (unpaired) electrons. The zero-order valence-electron chi connectivity index (χ0n) is 12.0. The molecule has 3 heterocycles. The summed E-state index contributed by atoms with van der Waals surface area (Å²) in [4.78, 5) is 27.2. The van der Waals surface area contributed by atoms with Crippen LogP contribution in [0.25, 0.3) is 10.2 Å². The van der Waals surface area contributed by atoms with Gasteiger partial charge in [0.1, 0.15) is 4.70 Å². The van der Waals surface area contributed by atoms with Gasteiger partial charge in [0.25, 0.3) is 5.56 Å². The minimum absolute atomic E-state index is 0.0944. The molecule has 8 heteroatoms. The van der Waals surface area contributed by atoms with Crippen LogP contribution in [0, 0.1) is 4.77 Å². The van der Waals surface area contributed by atoms with Crippen molar-refractivity contribution in [2.75, 3.05) is 13.2 Å². The van der Waals surface area contributed by atoms with Gasteiger partial charge < -0.3 is 15.0 Å². The van der Waals surface area contributed by atoms with Crippen LogP contribution in [0.4, 0.5) is 0 Å². The molecule has 2 aromatic heterocycles. The fourth-order valence-electron chi connectivity index (χ4n) is 2.51. The van der Waals surface area contributed by atoms with Crippen molar-refractivity contribution in [2.24, 2.45) is 0 Å². The number of thiophene rings is 1. The third-order valence-electron chi connectivity index (χ3n) is 3.70. The van der Waals surface area contributed by atoms with Crippen molar-refractivity contribution in [1.82, 2.24) is 14.9 Å². The van der Waals surface area contributed by atoms with Gasteiger partial charge in [0.15, 0.2) is 4.77 Å². The van der Waals surface area contributed by atoms with Gasteiger partial charge >= 0.3 is 0 Å². The number of rotatable bonds is 5. The molecule has 1 unspecified atom stereocenters. The van der Waals surface area contributed by atoms with Crippen LogP contribution in [0.5, 0.6) is 0 Å². The largest absolute Gasteiger partial charge is 0.376 e. The second-order valence-electron chi connectivity index (χ2n) is 5.24. The number of ether oxygens (including phenoxy) is 1. The fourth-order valence-corrected chi connectivity index (χ4v) is 3.59. The molecule has 2 aromatic rings. The normalized spacial score (nSPS) is 17.9. The Labute approximate surface area is 136 Å². The Morgan fingerprint density at radius 1 is 1.59 bits per heavy atom. The van der Waals surface area contributed by atoms with E-state index < -0.39 is 0 Å². The van der Waals surface area contributed by atoms with Crippen LogP contribution in [0.15, 0.2) is 16.2 Å². The lowest BCUT2D eigenvalue weighted by Crippen LogP contribution is -2.33. The molecule has 2 N–H and O–H groups in total. The summed E-state index contributed by atoms with van der Waals surface area (Å²) in [5, 5.41) is 4.69. The summed E-state index contributed by atoms with van der Waals surface area (Å²) in [7, 11) is 0. The zero-order chi connectivity index (χ0) is 15.5. The summed E-state index contributed by atoms with van der Waals surface area (Å²) in [5.41, 5.74) is 0.611. The molecule has 1 saturated heterocycles. The third kappa shape index (κ3) is 3.29. The molecule has 118 valence electrons. The molecule has 1 fully saturated rings. The van der Waals surface area contributed by atoms with Crippen molar-refractivity contribution in [3.63, 3.8) is 0 Å². The quantitative estimate of drug-likeness (QED) is 0.815. The summed E-state index contributed by atoms with van der Waals surface area (Å²) in [6, 6.07) is 1.83. The monoisotopic (exact) mass is 339 g/mol. The van der Waals surface area contributed by atoms with Crippen molar-refractivity contribution in [1.29, 1.82) is 0 Å². The number of carbonyl (C=O) groups is 1. The van der Waals surface area contributed by atoms with Crippen molar-refractivity contribution in [3.05, 3.63) is 26.6 Å². The van der Waals surface area contributed by atoms with E-state index in [1.165, 1.54) is 15.9 Å². The first-order valence-corrected chi connectivity index (χ1v) is 8.52. The minimum Gasteiger partial charge on any atom is -0.376 e. The molecule has 0 bridgehead atoms. The number of nitrogens with one attached hydrogen (secondary N) is 2. The lowest BCUT2D eigenvalue weighted by atomic mass is 10.2. The van der Waals surface area contributed by atoms with E-state index in [4.69, 9.17) is 17.0 Å². The summed E-state index contributed by atoms with van der Waals surface area (Å²) in [5.74, 6) is -0.0944. The highest BCUT2D eigenvalue weighted by Gasteiger charge is 2.16. The van der Waals surface area contributed by atoms with Gasteiger partial charge in [0, 0.05) is 26.1 Å². The number of aromatic amines is 1. The van der Waals surface area contributed by atoms with Crippen molar-refractivity contribution < 1.29 is 9.53 Å². The lowest BCUT2D eigenvalue weighted by Gasteiger charge is -2.11. The van der Waals surface area contributed by atoms with Crippen LogP contribution in [-0.2, 0) is 16.1 Å². The molecule has 0 spiro atoms. The van der Waals surface area contributed by atoms with E-state index in [0.717, 1.165) is 25.0 Å². The zero-order valence-corrected chi connectivity index (χ0v) is 13.6. The molecule has 1 amide bonds. The number of nitrogens with zero attached hydrogens (tertiary/aromatic N) is 1. The number of fused-ring (bicyclic) bond motifs is 1. The fraction of sp³-hybridized carbons (Fsp3) is 0.500. The predicted octanol–water partition coefficient (Wildman–Crippen LogP) is 1.81. The van der Waals surface area contributed by atoms with E-state index in [2.05, 4.69) is 10.3 Å². The van der Waals surface area contributed by atoms with Crippen molar-refractivity contribution in [3.8, 4) is 0 Å². The summed E-state index contributed by atoms with van der Waals surface area (Å²) < 4.78 is 7.88. The Morgan fingerprint density at radius 2 is 2.45 bits per heavy atom. The van der Waals surface area contributed by atoms with Crippen LogP contribution in [0.1, 0.15) is 19.3 Å². The maximum Gasteiger partial charge on any atom is 0.272 e. The topological polar surface area (TPSA) is 76.1 Å². The van der Waals surface area contributed by atoms with Crippen molar-refractivity contribution in [2.45, 2.75) is 31.9 Å². The van der Waals surface area contributed by atoms with Crippen LogP contribution in [0.2, 0.25) is 0 Å². The average molecular weight is 339 g/mol. The van der Waals surface area contributed by atoms with Gasteiger partial charge in [-0.15, -0.1) is 11.3 Å². The molecule has 6 nitrogen and oxygen atoms in total. The highest BCUT2D eigenvalue weighted by molar-refractivity contribution is 7.71. The second kappa shape index (κ2) is 6.72. The van der Waals surface area contributed by atoms with Gasteiger partial charge in [0.2, 0.25) is 5.91 Å². The van der Waals surface area contributed by atoms with Crippen LogP contribution in [-0.4, -0.2) is 34.7 Å². The Morgan fingerprint density at radius 3 is 3.23 bits per heavy atom. The highest BCUT2D eigenvalue weighted by atomic mass is 32.1. The molecular formula is C14H17N3O3S2. The SMILES string of the molecule is O=C(CCn1c(=S)[nH]c2ccsc2c1=O)NCC1CCCO1. The Balaban J connectivity index is 1.62. The van der Waals surface area contributed by atoms with Crippen LogP contribution < -0.4 is 10.9 Å². The second-order valence-corrected chi connectivity index (χ2v) is 6.54. The Kier molecular flexibility index (Phi) is 4.70. The summed E-state index contributed by atoms with van der Waals surface area (Å²) in [6.45, 7) is 1.58. The highest BCUT2D eigenvalue weighted by Crippen LogP contribution is 2.14.